The Morgan fingerprint density at radius 2 is 1.61 bits per heavy atom. The highest BCUT2D eigenvalue weighted by Gasteiger charge is 2.26. The SMILES string of the molecule is Cc1ccc(CN(C(=O)Cc2ccccc2C)C(C)C(=O)NCC(C)C)cc1. The highest BCUT2D eigenvalue weighted by Crippen LogP contribution is 2.15. The number of rotatable bonds is 8. The van der Waals surface area contributed by atoms with Crippen molar-refractivity contribution in [3.8, 4) is 0 Å². The molecular weight excluding hydrogens is 348 g/mol. The van der Waals surface area contributed by atoms with Gasteiger partial charge in [0.2, 0.25) is 11.8 Å². The molecule has 2 amide bonds. The first-order chi connectivity index (χ1) is 13.3. The highest BCUT2D eigenvalue weighted by atomic mass is 16.2. The molecule has 1 N–H and O–H groups in total. The fourth-order valence-electron chi connectivity index (χ4n) is 3.00. The minimum absolute atomic E-state index is 0.0397. The van der Waals surface area contributed by atoms with Gasteiger partial charge in [0.25, 0.3) is 0 Å². The van der Waals surface area contributed by atoms with Gasteiger partial charge in [0.1, 0.15) is 6.04 Å². The van der Waals surface area contributed by atoms with Crippen LogP contribution in [0.25, 0.3) is 0 Å². The lowest BCUT2D eigenvalue weighted by molar-refractivity contribution is -0.140. The summed E-state index contributed by atoms with van der Waals surface area (Å²) in [5.74, 6) is 0.213. The number of hydrogen-bond donors (Lipinski definition) is 1. The van der Waals surface area contributed by atoms with E-state index in [1.165, 1.54) is 5.56 Å². The van der Waals surface area contributed by atoms with E-state index in [9.17, 15) is 9.59 Å². The van der Waals surface area contributed by atoms with E-state index in [0.29, 0.717) is 25.4 Å². The van der Waals surface area contributed by atoms with E-state index in [1.807, 2.05) is 62.4 Å². The van der Waals surface area contributed by atoms with Gasteiger partial charge in [0, 0.05) is 13.1 Å². The molecule has 0 spiro atoms. The summed E-state index contributed by atoms with van der Waals surface area (Å²) in [6, 6.07) is 15.5. The molecule has 150 valence electrons. The average molecular weight is 381 g/mol. The van der Waals surface area contributed by atoms with Crippen molar-refractivity contribution < 1.29 is 9.59 Å². The Kier molecular flexibility index (Phi) is 7.80. The molecule has 0 aromatic heterocycles. The first-order valence-electron chi connectivity index (χ1n) is 9.95. The first-order valence-corrected chi connectivity index (χ1v) is 9.95. The zero-order valence-corrected chi connectivity index (χ0v) is 17.7. The molecule has 4 nitrogen and oxygen atoms in total. The number of carbonyl (C=O) groups is 2. The normalized spacial score (nSPS) is 11.9. The van der Waals surface area contributed by atoms with Gasteiger partial charge in [-0.3, -0.25) is 9.59 Å². The second kappa shape index (κ2) is 10.1. The van der Waals surface area contributed by atoms with Crippen molar-refractivity contribution >= 4 is 11.8 Å². The second-order valence-electron chi connectivity index (χ2n) is 7.93. The zero-order chi connectivity index (χ0) is 20.7. The molecule has 0 heterocycles. The number of nitrogens with one attached hydrogen (secondary N) is 1. The lowest BCUT2D eigenvalue weighted by Gasteiger charge is -2.29. The van der Waals surface area contributed by atoms with Gasteiger partial charge in [-0.1, -0.05) is 67.9 Å². The van der Waals surface area contributed by atoms with E-state index in [4.69, 9.17) is 0 Å². The molecule has 0 aliphatic carbocycles. The van der Waals surface area contributed by atoms with Gasteiger partial charge in [-0.25, -0.2) is 0 Å². The molecule has 2 aromatic rings. The van der Waals surface area contributed by atoms with Gasteiger partial charge in [-0.05, 0) is 43.4 Å². The van der Waals surface area contributed by atoms with Crippen molar-refractivity contribution in [2.45, 2.75) is 53.6 Å². The third kappa shape index (κ3) is 6.22. The predicted octanol–water partition coefficient (Wildman–Crippen LogP) is 4.04. The average Bonchev–Trinajstić information content (AvgIpc) is 2.66. The maximum Gasteiger partial charge on any atom is 0.242 e. The minimum atomic E-state index is -0.531. The van der Waals surface area contributed by atoms with Crippen LogP contribution in [0.15, 0.2) is 48.5 Å². The summed E-state index contributed by atoms with van der Waals surface area (Å²) in [4.78, 5) is 27.5. The van der Waals surface area contributed by atoms with E-state index in [2.05, 4.69) is 19.2 Å². The van der Waals surface area contributed by atoms with Gasteiger partial charge >= 0.3 is 0 Å². The van der Waals surface area contributed by atoms with Crippen LogP contribution in [-0.2, 0) is 22.6 Å². The van der Waals surface area contributed by atoms with Crippen molar-refractivity contribution in [3.63, 3.8) is 0 Å². The second-order valence-corrected chi connectivity index (χ2v) is 7.93. The molecular formula is C24H32N2O2. The van der Waals surface area contributed by atoms with Gasteiger partial charge in [-0.15, -0.1) is 0 Å². The van der Waals surface area contributed by atoms with E-state index in [1.54, 1.807) is 11.8 Å². The third-order valence-corrected chi connectivity index (χ3v) is 4.93. The molecule has 2 rings (SSSR count). The van der Waals surface area contributed by atoms with Crippen LogP contribution in [0.5, 0.6) is 0 Å². The van der Waals surface area contributed by atoms with Crippen molar-refractivity contribution in [3.05, 3.63) is 70.8 Å². The van der Waals surface area contributed by atoms with Crippen molar-refractivity contribution in [1.82, 2.24) is 10.2 Å². The monoisotopic (exact) mass is 380 g/mol. The number of nitrogens with zero attached hydrogens (tertiary/aromatic N) is 1. The van der Waals surface area contributed by atoms with Gasteiger partial charge in [0.05, 0.1) is 6.42 Å². The third-order valence-electron chi connectivity index (χ3n) is 4.93. The summed E-state index contributed by atoms with van der Waals surface area (Å²) in [5, 5.41) is 2.95. The van der Waals surface area contributed by atoms with Crippen molar-refractivity contribution in [2.75, 3.05) is 6.54 Å². The van der Waals surface area contributed by atoms with Crippen molar-refractivity contribution in [1.29, 1.82) is 0 Å². The van der Waals surface area contributed by atoms with Crippen LogP contribution in [0.4, 0.5) is 0 Å². The van der Waals surface area contributed by atoms with Crippen LogP contribution in [0.2, 0.25) is 0 Å². The summed E-state index contributed by atoms with van der Waals surface area (Å²) in [6.07, 6.45) is 0.292. The highest BCUT2D eigenvalue weighted by molar-refractivity contribution is 5.88. The van der Waals surface area contributed by atoms with Crippen LogP contribution in [0, 0.1) is 19.8 Å². The largest absolute Gasteiger partial charge is 0.354 e. The van der Waals surface area contributed by atoms with Crippen LogP contribution >= 0.6 is 0 Å². The van der Waals surface area contributed by atoms with Crippen LogP contribution in [0.3, 0.4) is 0 Å². The quantitative estimate of drug-likeness (QED) is 0.751. The Morgan fingerprint density at radius 1 is 0.964 bits per heavy atom. The molecule has 0 bridgehead atoms. The lowest BCUT2D eigenvalue weighted by atomic mass is 10.0. The summed E-state index contributed by atoms with van der Waals surface area (Å²) in [5.41, 5.74) is 4.27. The molecule has 4 heteroatoms. The summed E-state index contributed by atoms with van der Waals surface area (Å²) < 4.78 is 0. The minimum Gasteiger partial charge on any atom is -0.354 e. The van der Waals surface area contributed by atoms with Gasteiger partial charge in [-0.2, -0.15) is 0 Å². The Balaban J connectivity index is 2.21. The topological polar surface area (TPSA) is 49.4 Å². The Labute approximate surface area is 169 Å². The maximum absolute atomic E-state index is 13.2. The Morgan fingerprint density at radius 3 is 2.21 bits per heavy atom. The zero-order valence-electron chi connectivity index (χ0n) is 17.7. The maximum atomic E-state index is 13.2. The number of aryl methyl sites for hydroxylation is 2. The summed E-state index contributed by atoms with van der Waals surface area (Å²) >= 11 is 0. The molecule has 0 aliphatic rings. The number of amides is 2. The fraction of sp³-hybridized carbons (Fsp3) is 0.417. The smallest absolute Gasteiger partial charge is 0.242 e. The lowest BCUT2D eigenvalue weighted by Crippen LogP contribution is -2.48. The van der Waals surface area contributed by atoms with Crippen LogP contribution in [-0.4, -0.2) is 29.3 Å². The summed E-state index contributed by atoms with van der Waals surface area (Å²) in [7, 11) is 0. The van der Waals surface area contributed by atoms with Crippen LogP contribution < -0.4 is 5.32 Å². The van der Waals surface area contributed by atoms with Gasteiger partial charge < -0.3 is 10.2 Å². The van der Waals surface area contributed by atoms with Crippen molar-refractivity contribution in [2.24, 2.45) is 5.92 Å². The number of benzene rings is 2. The predicted molar refractivity (Wildman–Crippen MR) is 114 cm³/mol. The first kappa shape index (κ1) is 21.7. The van der Waals surface area contributed by atoms with E-state index in [-0.39, 0.29) is 11.8 Å². The molecule has 0 radical (unpaired) electrons. The van der Waals surface area contributed by atoms with E-state index < -0.39 is 6.04 Å². The van der Waals surface area contributed by atoms with Crippen LogP contribution in [0.1, 0.15) is 43.0 Å². The standard InChI is InChI=1S/C24H32N2O2/c1-17(2)15-25-24(28)20(5)26(16-21-12-10-18(3)11-13-21)23(27)14-22-9-7-6-8-19(22)4/h6-13,17,20H,14-16H2,1-5H3,(H,25,28). The molecule has 0 aliphatic heterocycles. The molecule has 0 saturated carbocycles. The molecule has 1 atom stereocenters. The number of hydrogen-bond acceptors (Lipinski definition) is 2. The molecule has 2 aromatic carbocycles. The van der Waals surface area contributed by atoms with E-state index >= 15 is 0 Å². The summed E-state index contributed by atoms with van der Waals surface area (Å²) in [6.45, 7) is 11.0. The molecule has 28 heavy (non-hydrogen) atoms. The molecule has 0 fully saturated rings. The number of carbonyl (C=O) groups excluding carboxylic acids is 2. The van der Waals surface area contributed by atoms with Gasteiger partial charge in [0.15, 0.2) is 0 Å². The molecule has 1 unspecified atom stereocenters. The molecule has 0 saturated heterocycles. The van der Waals surface area contributed by atoms with E-state index in [0.717, 1.165) is 16.7 Å². The Hall–Kier alpha value is -2.62. The Bertz CT molecular complexity index is 797. The fourth-order valence-corrected chi connectivity index (χ4v) is 3.00.